The van der Waals surface area contributed by atoms with E-state index in [2.05, 4.69) is 5.32 Å². The van der Waals surface area contributed by atoms with Gasteiger partial charge in [0.15, 0.2) is 0 Å². The Morgan fingerprint density at radius 3 is 2.89 bits per heavy atom. The Bertz CT molecular complexity index is 520. The molecule has 3 nitrogen and oxygen atoms in total. The van der Waals surface area contributed by atoms with Crippen molar-refractivity contribution in [1.82, 2.24) is 5.32 Å². The van der Waals surface area contributed by atoms with Crippen LogP contribution in [0.3, 0.4) is 0 Å². The molecule has 1 aromatic rings. The first-order valence-corrected chi connectivity index (χ1v) is 6.09. The van der Waals surface area contributed by atoms with E-state index in [1.54, 1.807) is 6.07 Å². The number of hydrogen-bond acceptors (Lipinski definition) is 2. The van der Waals surface area contributed by atoms with Crippen molar-refractivity contribution in [3.05, 3.63) is 34.6 Å². The van der Waals surface area contributed by atoms with Crippen LogP contribution in [0.25, 0.3) is 0 Å². The Balaban J connectivity index is 1.88. The summed E-state index contributed by atoms with van der Waals surface area (Å²) in [5, 5.41) is 12.0. The summed E-state index contributed by atoms with van der Waals surface area (Å²) in [5.41, 5.74) is -0.364. The third-order valence-corrected chi connectivity index (χ3v) is 3.32. The van der Waals surface area contributed by atoms with Gasteiger partial charge in [0.2, 0.25) is 5.91 Å². The topological polar surface area (TPSA) is 52.9 Å². The molecule has 0 spiro atoms. The Kier molecular flexibility index (Phi) is 3.53. The lowest BCUT2D eigenvalue weighted by atomic mass is 10.1. The van der Waals surface area contributed by atoms with Crippen molar-refractivity contribution in [1.29, 1.82) is 5.26 Å². The third kappa shape index (κ3) is 2.62. The summed E-state index contributed by atoms with van der Waals surface area (Å²) < 4.78 is 13.4. The second-order valence-electron chi connectivity index (χ2n) is 4.44. The van der Waals surface area contributed by atoms with E-state index in [0.29, 0.717) is 36.4 Å². The highest BCUT2D eigenvalue weighted by molar-refractivity contribution is 6.30. The zero-order chi connectivity index (χ0) is 13.2. The molecule has 5 heteroatoms. The molecule has 1 aliphatic rings. The molecule has 2 rings (SSSR count). The molecule has 0 radical (unpaired) electrons. The zero-order valence-electron chi connectivity index (χ0n) is 9.67. The molecule has 1 aliphatic carbocycles. The summed E-state index contributed by atoms with van der Waals surface area (Å²) in [6.07, 6.45) is 1.58. The molecule has 0 saturated heterocycles. The number of hydrogen-bond donors (Lipinski definition) is 1. The fourth-order valence-electron chi connectivity index (χ4n) is 1.73. The van der Waals surface area contributed by atoms with Crippen LogP contribution in [0.1, 0.15) is 18.4 Å². The monoisotopic (exact) mass is 266 g/mol. The average molecular weight is 267 g/mol. The fourth-order valence-corrected chi connectivity index (χ4v) is 1.92. The Hall–Kier alpha value is -1.60. The molecule has 0 aliphatic heterocycles. The van der Waals surface area contributed by atoms with Gasteiger partial charge in [-0.1, -0.05) is 11.6 Å². The van der Waals surface area contributed by atoms with E-state index >= 15 is 0 Å². The highest BCUT2D eigenvalue weighted by Crippen LogP contribution is 2.44. The van der Waals surface area contributed by atoms with E-state index in [9.17, 15) is 9.18 Å². The number of carbonyl (C=O) groups excluding carboxylic acids is 1. The minimum atomic E-state index is -0.827. The van der Waals surface area contributed by atoms with E-state index < -0.39 is 5.41 Å². The van der Waals surface area contributed by atoms with Gasteiger partial charge in [0.05, 0.1) is 6.07 Å². The summed E-state index contributed by atoms with van der Waals surface area (Å²) in [4.78, 5) is 11.6. The first kappa shape index (κ1) is 12.8. The van der Waals surface area contributed by atoms with E-state index in [1.807, 2.05) is 6.07 Å². The van der Waals surface area contributed by atoms with Gasteiger partial charge < -0.3 is 5.32 Å². The maximum absolute atomic E-state index is 13.4. The summed E-state index contributed by atoms with van der Waals surface area (Å²) >= 11 is 5.77. The van der Waals surface area contributed by atoms with Gasteiger partial charge in [0.25, 0.3) is 0 Å². The third-order valence-electron chi connectivity index (χ3n) is 3.09. The smallest absolute Gasteiger partial charge is 0.240 e. The molecule has 94 valence electrons. The van der Waals surface area contributed by atoms with Crippen LogP contribution >= 0.6 is 11.6 Å². The number of carbonyl (C=O) groups is 1. The summed E-state index contributed by atoms with van der Waals surface area (Å²) in [5.74, 6) is -0.595. The molecule has 0 atom stereocenters. The number of nitrogens with one attached hydrogen (secondary N) is 1. The van der Waals surface area contributed by atoms with Crippen LogP contribution < -0.4 is 5.32 Å². The molecule has 0 bridgehead atoms. The van der Waals surface area contributed by atoms with Crippen molar-refractivity contribution in [2.24, 2.45) is 5.41 Å². The minimum Gasteiger partial charge on any atom is -0.354 e. The minimum absolute atomic E-state index is 0.257. The molecule has 0 unspecified atom stereocenters. The number of nitriles is 1. The molecule has 1 amide bonds. The van der Waals surface area contributed by atoms with Crippen LogP contribution in [0.4, 0.5) is 4.39 Å². The molecule has 1 N–H and O–H groups in total. The molecular weight excluding hydrogens is 255 g/mol. The molecule has 0 heterocycles. The Morgan fingerprint density at radius 2 is 2.28 bits per heavy atom. The van der Waals surface area contributed by atoms with Crippen molar-refractivity contribution in [2.45, 2.75) is 19.3 Å². The van der Waals surface area contributed by atoms with Gasteiger partial charge in [0.1, 0.15) is 11.2 Å². The van der Waals surface area contributed by atoms with Crippen molar-refractivity contribution in [3.63, 3.8) is 0 Å². The number of rotatable bonds is 4. The molecule has 1 saturated carbocycles. The van der Waals surface area contributed by atoms with E-state index in [0.717, 1.165) is 0 Å². The maximum Gasteiger partial charge on any atom is 0.240 e. The largest absolute Gasteiger partial charge is 0.354 e. The number of benzene rings is 1. The summed E-state index contributed by atoms with van der Waals surface area (Å²) in [7, 11) is 0. The predicted octanol–water partition coefficient (Wildman–Crippen LogP) is 2.44. The maximum atomic E-state index is 13.4. The van der Waals surface area contributed by atoms with Gasteiger partial charge in [-0.05, 0) is 43.0 Å². The second kappa shape index (κ2) is 4.95. The van der Waals surface area contributed by atoms with Crippen LogP contribution in [0.5, 0.6) is 0 Å². The highest BCUT2D eigenvalue weighted by atomic mass is 35.5. The van der Waals surface area contributed by atoms with E-state index in [-0.39, 0.29) is 11.7 Å². The molecule has 18 heavy (non-hydrogen) atoms. The lowest BCUT2D eigenvalue weighted by Crippen LogP contribution is -2.32. The fraction of sp³-hybridized carbons (Fsp3) is 0.385. The molecule has 1 aromatic carbocycles. The Morgan fingerprint density at radius 1 is 1.56 bits per heavy atom. The van der Waals surface area contributed by atoms with Gasteiger partial charge in [-0.25, -0.2) is 4.39 Å². The lowest BCUT2D eigenvalue weighted by molar-refractivity contribution is -0.124. The first-order valence-electron chi connectivity index (χ1n) is 5.71. The number of amides is 1. The van der Waals surface area contributed by atoms with Crippen molar-refractivity contribution in [2.75, 3.05) is 6.54 Å². The van der Waals surface area contributed by atoms with Gasteiger partial charge in [-0.15, -0.1) is 0 Å². The Labute approximate surface area is 110 Å². The number of halogens is 2. The van der Waals surface area contributed by atoms with E-state index in [4.69, 9.17) is 16.9 Å². The van der Waals surface area contributed by atoms with Crippen LogP contribution in [-0.2, 0) is 11.2 Å². The van der Waals surface area contributed by atoms with Crippen LogP contribution in [0.15, 0.2) is 18.2 Å². The van der Waals surface area contributed by atoms with Crippen LogP contribution in [0.2, 0.25) is 5.02 Å². The van der Waals surface area contributed by atoms with Gasteiger partial charge >= 0.3 is 0 Å². The lowest BCUT2D eigenvalue weighted by Gasteiger charge is -2.08. The number of nitrogens with zero attached hydrogens (tertiary/aromatic N) is 1. The SMILES string of the molecule is N#CC1(C(=O)NCCc2cc(Cl)ccc2F)CC1. The van der Waals surface area contributed by atoms with Crippen LogP contribution in [0, 0.1) is 22.6 Å². The quantitative estimate of drug-likeness (QED) is 0.910. The first-order chi connectivity index (χ1) is 8.57. The van der Waals surface area contributed by atoms with Gasteiger partial charge in [-0.3, -0.25) is 4.79 Å². The molecule has 0 aromatic heterocycles. The van der Waals surface area contributed by atoms with Gasteiger partial charge in [0, 0.05) is 11.6 Å². The van der Waals surface area contributed by atoms with Gasteiger partial charge in [-0.2, -0.15) is 5.26 Å². The summed E-state index contributed by atoms with van der Waals surface area (Å²) in [6.45, 7) is 0.305. The standard InChI is InChI=1S/C13H12ClFN2O/c14-10-1-2-11(15)9(7-10)3-6-17-12(18)13(8-16)4-5-13/h1-2,7H,3-6H2,(H,17,18). The predicted molar refractivity (Wildman–Crippen MR) is 65.4 cm³/mol. The van der Waals surface area contributed by atoms with Crippen molar-refractivity contribution in [3.8, 4) is 6.07 Å². The van der Waals surface area contributed by atoms with E-state index in [1.165, 1.54) is 12.1 Å². The van der Waals surface area contributed by atoms with Crippen molar-refractivity contribution < 1.29 is 9.18 Å². The normalized spacial score (nSPS) is 15.8. The highest BCUT2D eigenvalue weighted by Gasteiger charge is 2.50. The molecule has 1 fully saturated rings. The summed E-state index contributed by atoms with van der Waals surface area (Å²) in [6, 6.07) is 6.34. The second-order valence-corrected chi connectivity index (χ2v) is 4.87. The molecular formula is C13H12ClFN2O. The van der Waals surface area contributed by atoms with Crippen molar-refractivity contribution >= 4 is 17.5 Å². The zero-order valence-corrected chi connectivity index (χ0v) is 10.4. The average Bonchev–Trinajstić information content (AvgIpc) is 3.14. The van der Waals surface area contributed by atoms with Crippen LogP contribution in [-0.4, -0.2) is 12.5 Å².